The molecule has 1 atom stereocenters. The molecule has 2 amide bonds. The number of aryl methyl sites for hydroxylation is 1. The number of anilines is 1. The van der Waals surface area contributed by atoms with E-state index in [2.05, 4.69) is 5.32 Å². The van der Waals surface area contributed by atoms with Gasteiger partial charge in [0.05, 0.1) is 31.4 Å². The molecule has 0 fully saturated rings. The number of ether oxygens (including phenoxy) is 3. The van der Waals surface area contributed by atoms with E-state index in [-0.39, 0.29) is 34.7 Å². The number of benzene rings is 3. The van der Waals surface area contributed by atoms with Crippen LogP contribution in [0.5, 0.6) is 17.2 Å². The summed E-state index contributed by atoms with van der Waals surface area (Å²) >= 11 is 0. The molecule has 0 spiro atoms. The van der Waals surface area contributed by atoms with Gasteiger partial charge in [0, 0.05) is 19.2 Å². The van der Waals surface area contributed by atoms with Gasteiger partial charge >= 0.3 is 0 Å². The van der Waals surface area contributed by atoms with E-state index in [1.165, 1.54) is 37.3 Å². The van der Waals surface area contributed by atoms with Crippen molar-refractivity contribution in [1.82, 2.24) is 10.2 Å². The van der Waals surface area contributed by atoms with E-state index in [9.17, 15) is 18.0 Å². The number of rotatable bonds is 16. The summed E-state index contributed by atoms with van der Waals surface area (Å²) in [5.74, 6) is 0.550. The first kappa shape index (κ1) is 35.2. The first-order valence-electron chi connectivity index (χ1n) is 15.0. The third-order valence-corrected chi connectivity index (χ3v) is 8.97. The molecule has 3 rings (SSSR count). The maximum atomic E-state index is 14.3. The van der Waals surface area contributed by atoms with E-state index in [0.717, 1.165) is 15.4 Å². The molecule has 45 heavy (non-hydrogen) atoms. The number of nitrogens with zero attached hydrogens (tertiary/aromatic N) is 2. The fourth-order valence-electron chi connectivity index (χ4n) is 4.74. The number of amides is 2. The summed E-state index contributed by atoms with van der Waals surface area (Å²) in [5, 5.41) is 2.94. The highest BCUT2D eigenvalue weighted by atomic mass is 32.2. The lowest BCUT2D eigenvalue weighted by molar-refractivity contribution is -0.140. The highest BCUT2D eigenvalue weighted by Crippen LogP contribution is 2.33. The molecule has 0 unspecified atom stereocenters. The molecule has 244 valence electrons. The Hall–Kier alpha value is -4.25. The van der Waals surface area contributed by atoms with Crippen LogP contribution < -0.4 is 23.8 Å². The zero-order valence-corrected chi connectivity index (χ0v) is 28.0. The summed E-state index contributed by atoms with van der Waals surface area (Å²) in [6, 6.07) is 17.6. The summed E-state index contributed by atoms with van der Waals surface area (Å²) in [6.07, 6.45) is 0.340. The van der Waals surface area contributed by atoms with Crippen molar-refractivity contribution in [3.63, 3.8) is 0 Å². The molecule has 0 radical (unpaired) electrons. The zero-order chi connectivity index (χ0) is 33.1. The van der Waals surface area contributed by atoms with E-state index >= 15 is 0 Å². The van der Waals surface area contributed by atoms with Gasteiger partial charge in [0.25, 0.3) is 10.0 Å². The van der Waals surface area contributed by atoms with Crippen molar-refractivity contribution in [3.05, 3.63) is 77.9 Å². The van der Waals surface area contributed by atoms with Gasteiger partial charge < -0.3 is 24.4 Å². The molecule has 0 saturated heterocycles. The van der Waals surface area contributed by atoms with Crippen molar-refractivity contribution in [1.29, 1.82) is 0 Å². The standard InChI is InChI=1S/C34H45N3O7S/c1-8-30(34(39)35-21-24(3)4)36(22-26-12-10-25(5)11-13-26)33(38)23-37(27-14-16-28(17-15-27)44-9-2)45(40,41)29-18-19-31(42-6)32(20-29)43-7/h10-20,24,30H,8-9,21-23H2,1-7H3,(H,35,39)/t30-/m1/s1. The van der Waals surface area contributed by atoms with E-state index in [1.807, 2.05) is 58.9 Å². The second-order valence-corrected chi connectivity index (χ2v) is 12.9. The molecule has 3 aromatic carbocycles. The molecule has 1 N–H and O–H groups in total. The van der Waals surface area contributed by atoms with Gasteiger partial charge in [0.2, 0.25) is 11.8 Å². The minimum absolute atomic E-state index is 0.0892. The lowest BCUT2D eigenvalue weighted by atomic mass is 10.1. The maximum absolute atomic E-state index is 14.3. The van der Waals surface area contributed by atoms with Crippen LogP contribution in [0.1, 0.15) is 45.2 Å². The first-order valence-corrected chi connectivity index (χ1v) is 16.5. The first-order chi connectivity index (χ1) is 21.4. The molecule has 0 saturated carbocycles. The fourth-order valence-corrected chi connectivity index (χ4v) is 6.17. The van der Waals surface area contributed by atoms with E-state index < -0.39 is 28.5 Å². The molecule has 3 aromatic rings. The number of carbonyl (C=O) groups excluding carboxylic acids is 2. The molecule has 10 nitrogen and oxygen atoms in total. The number of methoxy groups -OCH3 is 2. The van der Waals surface area contributed by atoms with Crippen LogP contribution in [0.2, 0.25) is 0 Å². The van der Waals surface area contributed by atoms with Crippen molar-refractivity contribution in [3.8, 4) is 17.2 Å². The average Bonchev–Trinajstić information content (AvgIpc) is 3.03. The van der Waals surface area contributed by atoms with Crippen molar-refractivity contribution in [2.24, 2.45) is 5.92 Å². The second-order valence-electron chi connectivity index (χ2n) is 11.0. The van der Waals surface area contributed by atoms with Crippen LogP contribution in [0.3, 0.4) is 0 Å². The van der Waals surface area contributed by atoms with Crippen LogP contribution in [0.15, 0.2) is 71.6 Å². The molecule has 0 aliphatic rings. The fraction of sp³-hybridized carbons (Fsp3) is 0.412. The number of hydrogen-bond acceptors (Lipinski definition) is 7. The minimum atomic E-state index is -4.31. The molecule has 0 bridgehead atoms. The smallest absolute Gasteiger partial charge is 0.264 e. The monoisotopic (exact) mass is 639 g/mol. The van der Waals surface area contributed by atoms with Crippen molar-refractivity contribution < 1.29 is 32.2 Å². The SMILES string of the molecule is CCOc1ccc(N(CC(=O)N(Cc2ccc(C)cc2)[C@H](CC)C(=O)NCC(C)C)S(=O)(=O)c2ccc(OC)c(OC)c2)cc1. The summed E-state index contributed by atoms with van der Waals surface area (Å²) in [7, 11) is -1.43. The van der Waals surface area contributed by atoms with Gasteiger partial charge in [0.15, 0.2) is 11.5 Å². The molecule has 0 aliphatic carbocycles. The van der Waals surface area contributed by atoms with Crippen LogP contribution in [0.25, 0.3) is 0 Å². The van der Waals surface area contributed by atoms with Gasteiger partial charge in [-0.2, -0.15) is 0 Å². The number of carbonyl (C=O) groups is 2. The lowest BCUT2D eigenvalue weighted by Crippen LogP contribution is -2.52. The van der Waals surface area contributed by atoms with Gasteiger partial charge in [-0.1, -0.05) is 50.6 Å². The molecular formula is C34H45N3O7S. The Morgan fingerprint density at radius 3 is 2.09 bits per heavy atom. The highest BCUT2D eigenvalue weighted by Gasteiger charge is 2.34. The molecule has 0 heterocycles. The molecule has 0 aliphatic heterocycles. The minimum Gasteiger partial charge on any atom is -0.494 e. The Bertz CT molecular complexity index is 1520. The normalized spacial score (nSPS) is 11.9. The van der Waals surface area contributed by atoms with E-state index in [0.29, 0.717) is 31.1 Å². The molecule has 0 aromatic heterocycles. The quantitative estimate of drug-likeness (QED) is 0.230. The zero-order valence-electron chi connectivity index (χ0n) is 27.2. The second kappa shape index (κ2) is 16.2. The van der Waals surface area contributed by atoms with Gasteiger partial charge in [0.1, 0.15) is 18.3 Å². The average molecular weight is 640 g/mol. The largest absolute Gasteiger partial charge is 0.494 e. The molecular weight excluding hydrogens is 594 g/mol. The maximum Gasteiger partial charge on any atom is 0.264 e. The van der Waals surface area contributed by atoms with Crippen LogP contribution >= 0.6 is 0 Å². The van der Waals surface area contributed by atoms with Crippen LogP contribution in [0.4, 0.5) is 5.69 Å². The van der Waals surface area contributed by atoms with Crippen LogP contribution in [-0.2, 0) is 26.2 Å². The van der Waals surface area contributed by atoms with Crippen molar-refractivity contribution in [2.75, 3.05) is 38.2 Å². The summed E-state index contributed by atoms with van der Waals surface area (Å²) in [6.45, 7) is 10.1. The summed E-state index contributed by atoms with van der Waals surface area (Å²) in [4.78, 5) is 29.1. The van der Waals surface area contributed by atoms with Crippen LogP contribution in [-0.4, -0.2) is 65.1 Å². The Morgan fingerprint density at radius 2 is 1.53 bits per heavy atom. The predicted octanol–water partition coefficient (Wildman–Crippen LogP) is 5.19. The van der Waals surface area contributed by atoms with Gasteiger partial charge in [-0.15, -0.1) is 0 Å². The van der Waals surface area contributed by atoms with E-state index in [1.54, 1.807) is 24.3 Å². The Kier molecular flexibility index (Phi) is 12.7. The Balaban J connectivity index is 2.09. The summed E-state index contributed by atoms with van der Waals surface area (Å²) < 4.78 is 45.8. The summed E-state index contributed by atoms with van der Waals surface area (Å²) in [5.41, 5.74) is 2.13. The predicted molar refractivity (Wildman–Crippen MR) is 175 cm³/mol. The highest BCUT2D eigenvalue weighted by molar-refractivity contribution is 7.92. The third kappa shape index (κ3) is 9.13. The molecule has 11 heteroatoms. The van der Waals surface area contributed by atoms with Gasteiger partial charge in [-0.25, -0.2) is 8.42 Å². The van der Waals surface area contributed by atoms with Crippen molar-refractivity contribution in [2.45, 2.75) is 58.5 Å². The number of sulfonamides is 1. The van der Waals surface area contributed by atoms with Crippen LogP contribution in [0, 0.1) is 12.8 Å². The van der Waals surface area contributed by atoms with Crippen molar-refractivity contribution >= 4 is 27.5 Å². The third-order valence-electron chi connectivity index (χ3n) is 7.20. The number of nitrogens with one attached hydrogen (secondary N) is 1. The van der Waals surface area contributed by atoms with E-state index in [4.69, 9.17) is 14.2 Å². The topological polar surface area (TPSA) is 114 Å². The lowest BCUT2D eigenvalue weighted by Gasteiger charge is -2.33. The Morgan fingerprint density at radius 1 is 0.889 bits per heavy atom. The number of hydrogen-bond donors (Lipinski definition) is 1. The van der Waals surface area contributed by atoms with Gasteiger partial charge in [-0.05, 0) is 68.1 Å². The Labute approximate surface area is 267 Å². The van der Waals surface area contributed by atoms with Gasteiger partial charge in [-0.3, -0.25) is 13.9 Å².